The molecule has 1 aliphatic heterocycles. The fourth-order valence-electron chi connectivity index (χ4n) is 2.75. The fourth-order valence-corrected chi connectivity index (χ4v) is 2.75. The number of halogens is 1. The van der Waals surface area contributed by atoms with Crippen LogP contribution in [-0.4, -0.2) is 36.3 Å². The lowest BCUT2D eigenvalue weighted by Crippen LogP contribution is -2.40. The second-order valence-electron chi connectivity index (χ2n) is 5.84. The summed E-state index contributed by atoms with van der Waals surface area (Å²) >= 11 is 0. The molecule has 1 N–H and O–H groups in total. The van der Waals surface area contributed by atoms with E-state index in [2.05, 4.69) is 5.32 Å². The molecule has 5 heteroatoms. The highest BCUT2D eigenvalue weighted by Crippen LogP contribution is 2.16. The molecule has 1 aromatic rings. The number of likely N-dealkylation sites (tertiary alicyclic amines) is 1. The average Bonchev–Trinajstić information content (AvgIpc) is 2.52. The first-order valence-electron chi connectivity index (χ1n) is 7.82. The third kappa shape index (κ3) is 4.83. The molecule has 2 rings (SSSR count). The van der Waals surface area contributed by atoms with Crippen LogP contribution in [0.1, 0.15) is 31.7 Å². The predicted molar refractivity (Wildman–Crippen MR) is 82.7 cm³/mol. The van der Waals surface area contributed by atoms with Crippen LogP contribution in [0.3, 0.4) is 0 Å². The summed E-state index contributed by atoms with van der Waals surface area (Å²) in [6.45, 7) is 3.77. The van der Waals surface area contributed by atoms with Gasteiger partial charge in [0, 0.05) is 33.0 Å². The number of nitrogens with one attached hydrogen (secondary N) is 1. The Kier molecular flexibility index (Phi) is 5.92. The molecule has 0 spiro atoms. The van der Waals surface area contributed by atoms with E-state index in [1.807, 2.05) is 4.90 Å². The molecular weight excluding hydrogens is 283 g/mol. The van der Waals surface area contributed by atoms with E-state index in [0.29, 0.717) is 30.9 Å². The molecular formula is C17H23FN2O2. The number of benzene rings is 1. The van der Waals surface area contributed by atoms with E-state index in [9.17, 15) is 14.0 Å². The van der Waals surface area contributed by atoms with Gasteiger partial charge in [-0.1, -0.05) is 18.2 Å². The Morgan fingerprint density at radius 1 is 1.27 bits per heavy atom. The maximum atomic E-state index is 13.5. The van der Waals surface area contributed by atoms with Crippen LogP contribution in [0, 0.1) is 11.7 Å². The summed E-state index contributed by atoms with van der Waals surface area (Å²) in [5.74, 6) is 0.240. The third-order valence-electron chi connectivity index (χ3n) is 4.23. The molecule has 2 amide bonds. The summed E-state index contributed by atoms with van der Waals surface area (Å²) in [4.78, 5) is 24.9. The van der Waals surface area contributed by atoms with Crippen molar-refractivity contribution in [3.63, 3.8) is 0 Å². The standard InChI is InChI=1S/C17H23FN2O2/c1-13(21)20-10-8-14(9-11-20)12-19-17(22)7-6-15-4-2-3-5-16(15)18/h2-5,14H,6-12H2,1H3,(H,19,22). The van der Waals surface area contributed by atoms with Crippen molar-refractivity contribution in [2.45, 2.75) is 32.6 Å². The van der Waals surface area contributed by atoms with E-state index >= 15 is 0 Å². The lowest BCUT2D eigenvalue weighted by Gasteiger charge is -2.31. The number of hydrogen-bond acceptors (Lipinski definition) is 2. The van der Waals surface area contributed by atoms with Gasteiger partial charge in [0.2, 0.25) is 11.8 Å². The Morgan fingerprint density at radius 3 is 2.59 bits per heavy atom. The molecule has 0 radical (unpaired) electrons. The monoisotopic (exact) mass is 306 g/mol. The average molecular weight is 306 g/mol. The van der Waals surface area contributed by atoms with Gasteiger partial charge in [-0.25, -0.2) is 4.39 Å². The summed E-state index contributed by atoms with van der Waals surface area (Å²) in [5, 5.41) is 2.92. The SMILES string of the molecule is CC(=O)N1CCC(CNC(=O)CCc2ccccc2F)CC1. The lowest BCUT2D eigenvalue weighted by atomic mass is 9.96. The molecule has 0 bridgehead atoms. The van der Waals surface area contributed by atoms with E-state index in [-0.39, 0.29) is 17.6 Å². The Bertz CT molecular complexity index is 525. The minimum atomic E-state index is -0.257. The summed E-state index contributed by atoms with van der Waals surface area (Å²) < 4.78 is 13.5. The molecule has 22 heavy (non-hydrogen) atoms. The van der Waals surface area contributed by atoms with Crippen LogP contribution < -0.4 is 5.32 Å². The first kappa shape index (κ1) is 16.5. The highest BCUT2D eigenvalue weighted by Gasteiger charge is 2.20. The normalized spacial score (nSPS) is 15.6. The van der Waals surface area contributed by atoms with Gasteiger partial charge in [-0.15, -0.1) is 0 Å². The molecule has 1 saturated heterocycles. The van der Waals surface area contributed by atoms with Crippen LogP contribution in [-0.2, 0) is 16.0 Å². The first-order chi connectivity index (χ1) is 10.6. The molecule has 120 valence electrons. The van der Waals surface area contributed by atoms with E-state index in [1.54, 1.807) is 25.1 Å². The highest BCUT2D eigenvalue weighted by atomic mass is 19.1. The number of carbonyl (C=O) groups is 2. The maximum absolute atomic E-state index is 13.5. The van der Waals surface area contributed by atoms with Crippen LogP contribution in [0.4, 0.5) is 4.39 Å². The number of nitrogens with zero attached hydrogens (tertiary/aromatic N) is 1. The van der Waals surface area contributed by atoms with Gasteiger partial charge in [-0.2, -0.15) is 0 Å². The van der Waals surface area contributed by atoms with Crippen LogP contribution in [0.2, 0.25) is 0 Å². The number of aryl methyl sites for hydroxylation is 1. The summed E-state index contributed by atoms with van der Waals surface area (Å²) in [5.41, 5.74) is 0.576. The van der Waals surface area contributed by atoms with Crippen molar-refractivity contribution >= 4 is 11.8 Å². The molecule has 0 aromatic heterocycles. The lowest BCUT2D eigenvalue weighted by molar-refractivity contribution is -0.130. The minimum absolute atomic E-state index is 0.0442. The molecule has 0 aliphatic carbocycles. The molecule has 1 aliphatic rings. The third-order valence-corrected chi connectivity index (χ3v) is 4.23. The van der Waals surface area contributed by atoms with Gasteiger partial charge in [0.1, 0.15) is 5.82 Å². The zero-order valence-electron chi connectivity index (χ0n) is 13.0. The second kappa shape index (κ2) is 7.92. The Hall–Kier alpha value is -1.91. The van der Waals surface area contributed by atoms with Crippen LogP contribution >= 0.6 is 0 Å². The van der Waals surface area contributed by atoms with Gasteiger partial charge >= 0.3 is 0 Å². The topological polar surface area (TPSA) is 49.4 Å². The largest absolute Gasteiger partial charge is 0.356 e. The fraction of sp³-hybridized carbons (Fsp3) is 0.529. The summed E-state index contributed by atoms with van der Waals surface area (Å²) in [6, 6.07) is 6.54. The van der Waals surface area contributed by atoms with Crippen molar-refractivity contribution < 1.29 is 14.0 Å². The van der Waals surface area contributed by atoms with Gasteiger partial charge in [0.15, 0.2) is 0 Å². The maximum Gasteiger partial charge on any atom is 0.220 e. The minimum Gasteiger partial charge on any atom is -0.356 e. The van der Waals surface area contributed by atoms with Gasteiger partial charge in [-0.05, 0) is 36.8 Å². The van der Waals surface area contributed by atoms with Gasteiger partial charge in [0.25, 0.3) is 0 Å². The number of amides is 2. The molecule has 1 fully saturated rings. The zero-order chi connectivity index (χ0) is 15.9. The van der Waals surface area contributed by atoms with Crippen LogP contribution in [0.25, 0.3) is 0 Å². The van der Waals surface area contributed by atoms with Crippen molar-refractivity contribution in [1.29, 1.82) is 0 Å². The quantitative estimate of drug-likeness (QED) is 0.906. The van der Waals surface area contributed by atoms with Crippen molar-refractivity contribution in [3.05, 3.63) is 35.6 Å². The molecule has 1 heterocycles. The molecule has 0 atom stereocenters. The molecule has 4 nitrogen and oxygen atoms in total. The summed E-state index contributed by atoms with van der Waals surface area (Å²) in [6.07, 6.45) is 2.56. The molecule has 1 aromatic carbocycles. The van der Waals surface area contributed by atoms with Crippen LogP contribution in [0.5, 0.6) is 0 Å². The number of hydrogen-bond donors (Lipinski definition) is 1. The van der Waals surface area contributed by atoms with E-state index in [4.69, 9.17) is 0 Å². The number of rotatable bonds is 5. The number of carbonyl (C=O) groups excluding carboxylic acids is 2. The molecule has 0 unspecified atom stereocenters. The van der Waals surface area contributed by atoms with Gasteiger partial charge in [-0.3, -0.25) is 9.59 Å². The predicted octanol–water partition coefficient (Wildman–Crippen LogP) is 2.13. The second-order valence-corrected chi connectivity index (χ2v) is 5.84. The Morgan fingerprint density at radius 2 is 1.95 bits per heavy atom. The van der Waals surface area contributed by atoms with Crippen molar-refractivity contribution in [1.82, 2.24) is 10.2 Å². The van der Waals surface area contributed by atoms with Crippen molar-refractivity contribution in [2.75, 3.05) is 19.6 Å². The Labute approximate surface area is 130 Å². The van der Waals surface area contributed by atoms with Crippen molar-refractivity contribution in [3.8, 4) is 0 Å². The van der Waals surface area contributed by atoms with Gasteiger partial charge < -0.3 is 10.2 Å². The van der Waals surface area contributed by atoms with Crippen LogP contribution in [0.15, 0.2) is 24.3 Å². The van der Waals surface area contributed by atoms with E-state index < -0.39 is 0 Å². The van der Waals surface area contributed by atoms with Gasteiger partial charge in [0.05, 0.1) is 0 Å². The first-order valence-corrected chi connectivity index (χ1v) is 7.82. The molecule has 0 saturated carbocycles. The summed E-state index contributed by atoms with van der Waals surface area (Å²) in [7, 11) is 0. The zero-order valence-corrected chi connectivity index (χ0v) is 13.0. The smallest absolute Gasteiger partial charge is 0.220 e. The van der Waals surface area contributed by atoms with E-state index in [1.165, 1.54) is 6.07 Å². The highest BCUT2D eigenvalue weighted by molar-refractivity contribution is 5.76. The van der Waals surface area contributed by atoms with Crippen molar-refractivity contribution in [2.24, 2.45) is 5.92 Å². The number of piperidine rings is 1. The Balaban J connectivity index is 1.66. The van der Waals surface area contributed by atoms with E-state index in [0.717, 1.165) is 25.9 Å².